The predicted molar refractivity (Wildman–Crippen MR) is 65.8 cm³/mol. The van der Waals surface area contributed by atoms with Crippen molar-refractivity contribution in [3.8, 4) is 5.75 Å². The molecule has 0 saturated heterocycles. The Kier molecular flexibility index (Phi) is 3.57. The first kappa shape index (κ1) is 12.2. The monoisotopic (exact) mass is 254 g/mol. The Bertz CT molecular complexity index is 443. The van der Waals surface area contributed by atoms with Gasteiger partial charge in [0.15, 0.2) is 0 Å². The number of carbonyl (C=O) groups is 1. The van der Waals surface area contributed by atoms with Crippen LogP contribution < -0.4 is 4.74 Å². The minimum absolute atomic E-state index is 0.342. The standard InChI is InChI=1S/C13H15ClO3/c1-8(13(15)16)2-3-9-6-11(14)7-10-4-5-17-12(9)10/h6-8H,2-5H2,1H3,(H,15,16). The van der Waals surface area contributed by atoms with Crippen LogP contribution in [-0.4, -0.2) is 17.7 Å². The van der Waals surface area contributed by atoms with Crippen LogP contribution in [0.1, 0.15) is 24.5 Å². The molecular weight excluding hydrogens is 240 g/mol. The van der Waals surface area contributed by atoms with E-state index in [1.165, 1.54) is 0 Å². The van der Waals surface area contributed by atoms with Gasteiger partial charge in [0.1, 0.15) is 5.75 Å². The van der Waals surface area contributed by atoms with Gasteiger partial charge in [0, 0.05) is 11.4 Å². The number of hydrogen-bond acceptors (Lipinski definition) is 2. The highest BCUT2D eigenvalue weighted by Gasteiger charge is 2.19. The van der Waals surface area contributed by atoms with E-state index in [9.17, 15) is 4.79 Å². The van der Waals surface area contributed by atoms with Crippen molar-refractivity contribution in [3.05, 3.63) is 28.3 Å². The first-order valence-electron chi connectivity index (χ1n) is 5.75. The molecule has 0 aromatic heterocycles. The van der Waals surface area contributed by atoms with Gasteiger partial charge in [-0.25, -0.2) is 0 Å². The average molecular weight is 255 g/mol. The summed E-state index contributed by atoms with van der Waals surface area (Å²) in [6.45, 7) is 2.41. The molecule has 1 N–H and O–H groups in total. The Morgan fingerprint density at radius 2 is 2.35 bits per heavy atom. The van der Waals surface area contributed by atoms with E-state index in [2.05, 4.69) is 0 Å². The summed E-state index contributed by atoms with van der Waals surface area (Å²) in [7, 11) is 0. The van der Waals surface area contributed by atoms with Crippen molar-refractivity contribution < 1.29 is 14.6 Å². The smallest absolute Gasteiger partial charge is 0.306 e. The van der Waals surface area contributed by atoms with E-state index in [-0.39, 0.29) is 5.92 Å². The normalized spacial score (nSPS) is 15.2. The maximum Gasteiger partial charge on any atom is 0.306 e. The number of carboxylic acid groups (broad SMARTS) is 1. The van der Waals surface area contributed by atoms with Gasteiger partial charge in [0.25, 0.3) is 0 Å². The zero-order valence-electron chi connectivity index (χ0n) is 9.70. The van der Waals surface area contributed by atoms with E-state index in [0.29, 0.717) is 24.5 Å². The minimum atomic E-state index is -0.760. The van der Waals surface area contributed by atoms with Crippen LogP contribution in [0.4, 0.5) is 0 Å². The molecule has 0 amide bonds. The molecule has 1 aliphatic rings. The second kappa shape index (κ2) is 4.96. The van der Waals surface area contributed by atoms with E-state index in [0.717, 1.165) is 23.3 Å². The average Bonchev–Trinajstić information content (AvgIpc) is 2.72. The van der Waals surface area contributed by atoms with E-state index < -0.39 is 5.97 Å². The number of benzene rings is 1. The topological polar surface area (TPSA) is 46.5 Å². The van der Waals surface area contributed by atoms with Gasteiger partial charge >= 0.3 is 5.97 Å². The molecule has 1 aliphatic heterocycles. The van der Waals surface area contributed by atoms with Crippen molar-refractivity contribution in [1.82, 2.24) is 0 Å². The molecule has 1 aromatic carbocycles. The lowest BCUT2D eigenvalue weighted by molar-refractivity contribution is -0.141. The number of halogens is 1. The van der Waals surface area contributed by atoms with Gasteiger partial charge < -0.3 is 9.84 Å². The second-order valence-corrected chi connectivity index (χ2v) is 4.87. The van der Waals surface area contributed by atoms with Crippen LogP contribution in [0.5, 0.6) is 5.75 Å². The Labute approximate surface area is 105 Å². The van der Waals surface area contributed by atoms with E-state index in [1.807, 2.05) is 12.1 Å². The number of carboxylic acids is 1. The number of ether oxygens (including phenoxy) is 1. The number of rotatable bonds is 4. The molecule has 0 spiro atoms. The highest BCUT2D eigenvalue weighted by atomic mass is 35.5. The van der Waals surface area contributed by atoms with Crippen molar-refractivity contribution in [2.45, 2.75) is 26.2 Å². The molecule has 1 aromatic rings. The zero-order valence-corrected chi connectivity index (χ0v) is 10.5. The molecule has 0 fully saturated rings. The van der Waals surface area contributed by atoms with Crippen LogP contribution in [-0.2, 0) is 17.6 Å². The van der Waals surface area contributed by atoms with Gasteiger partial charge in [0.2, 0.25) is 0 Å². The molecule has 4 heteroatoms. The third-order valence-electron chi connectivity index (χ3n) is 3.09. The van der Waals surface area contributed by atoms with Crippen LogP contribution in [0.25, 0.3) is 0 Å². The molecule has 0 saturated carbocycles. The third-order valence-corrected chi connectivity index (χ3v) is 3.31. The summed E-state index contributed by atoms with van der Waals surface area (Å²) in [4.78, 5) is 10.8. The van der Waals surface area contributed by atoms with E-state index in [4.69, 9.17) is 21.4 Å². The minimum Gasteiger partial charge on any atom is -0.493 e. The Balaban J connectivity index is 2.13. The molecule has 0 radical (unpaired) electrons. The van der Waals surface area contributed by atoms with Crippen LogP contribution in [0.3, 0.4) is 0 Å². The molecular formula is C13H15ClO3. The summed E-state index contributed by atoms with van der Waals surface area (Å²) in [5.74, 6) is -0.192. The fourth-order valence-corrected chi connectivity index (χ4v) is 2.29. The van der Waals surface area contributed by atoms with Gasteiger partial charge in [-0.15, -0.1) is 0 Å². The number of aryl methyl sites for hydroxylation is 1. The predicted octanol–water partition coefficient (Wildman–Crippen LogP) is 2.93. The molecule has 3 nitrogen and oxygen atoms in total. The summed E-state index contributed by atoms with van der Waals surface area (Å²) >= 11 is 6.03. The summed E-state index contributed by atoms with van der Waals surface area (Å²) in [6.07, 6.45) is 2.18. The summed E-state index contributed by atoms with van der Waals surface area (Å²) < 4.78 is 5.57. The number of aliphatic carboxylic acids is 1. The van der Waals surface area contributed by atoms with Crippen molar-refractivity contribution in [2.75, 3.05) is 6.61 Å². The Hall–Kier alpha value is -1.22. The third kappa shape index (κ3) is 2.72. The first-order valence-corrected chi connectivity index (χ1v) is 6.12. The molecule has 1 heterocycles. The van der Waals surface area contributed by atoms with Crippen molar-refractivity contribution >= 4 is 17.6 Å². The summed E-state index contributed by atoms with van der Waals surface area (Å²) in [5, 5.41) is 9.55. The van der Waals surface area contributed by atoms with Gasteiger partial charge in [-0.2, -0.15) is 0 Å². The van der Waals surface area contributed by atoms with Crippen molar-refractivity contribution in [1.29, 1.82) is 0 Å². The zero-order chi connectivity index (χ0) is 12.4. The molecule has 0 bridgehead atoms. The van der Waals surface area contributed by atoms with Crippen LogP contribution in [0.2, 0.25) is 5.02 Å². The highest BCUT2D eigenvalue weighted by Crippen LogP contribution is 2.33. The summed E-state index contributed by atoms with van der Waals surface area (Å²) in [6, 6.07) is 3.80. The van der Waals surface area contributed by atoms with Crippen molar-refractivity contribution in [3.63, 3.8) is 0 Å². The fourth-order valence-electron chi connectivity index (χ4n) is 2.03. The number of fused-ring (bicyclic) bond motifs is 1. The van der Waals surface area contributed by atoms with Gasteiger partial charge in [-0.3, -0.25) is 4.79 Å². The fraction of sp³-hybridized carbons (Fsp3) is 0.462. The molecule has 17 heavy (non-hydrogen) atoms. The summed E-state index contributed by atoms with van der Waals surface area (Å²) in [5.41, 5.74) is 2.16. The highest BCUT2D eigenvalue weighted by molar-refractivity contribution is 6.30. The molecule has 1 unspecified atom stereocenters. The lowest BCUT2D eigenvalue weighted by Gasteiger charge is -2.10. The Morgan fingerprint density at radius 3 is 3.06 bits per heavy atom. The molecule has 0 aliphatic carbocycles. The maximum absolute atomic E-state index is 10.8. The lowest BCUT2D eigenvalue weighted by atomic mass is 9.99. The molecule has 1 atom stereocenters. The van der Waals surface area contributed by atoms with Crippen LogP contribution in [0.15, 0.2) is 12.1 Å². The van der Waals surface area contributed by atoms with Crippen LogP contribution in [0, 0.1) is 5.92 Å². The second-order valence-electron chi connectivity index (χ2n) is 4.43. The molecule has 2 rings (SSSR count). The van der Waals surface area contributed by atoms with Gasteiger partial charge in [-0.1, -0.05) is 18.5 Å². The first-order chi connectivity index (χ1) is 8.08. The van der Waals surface area contributed by atoms with E-state index >= 15 is 0 Å². The molecule has 92 valence electrons. The Morgan fingerprint density at radius 1 is 1.59 bits per heavy atom. The van der Waals surface area contributed by atoms with E-state index in [1.54, 1.807) is 6.92 Å². The lowest BCUT2D eigenvalue weighted by Crippen LogP contribution is -2.10. The quantitative estimate of drug-likeness (QED) is 0.899. The van der Waals surface area contributed by atoms with Gasteiger partial charge in [0.05, 0.1) is 12.5 Å². The van der Waals surface area contributed by atoms with Crippen LogP contribution >= 0.6 is 11.6 Å². The number of hydrogen-bond donors (Lipinski definition) is 1. The maximum atomic E-state index is 10.8. The van der Waals surface area contributed by atoms with Gasteiger partial charge in [-0.05, 0) is 36.1 Å². The largest absolute Gasteiger partial charge is 0.493 e. The van der Waals surface area contributed by atoms with Crippen molar-refractivity contribution in [2.24, 2.45) is 5.92 Å². The SMILES string of the molecule is CC(CCc1cc(Cl)cc2c1OCC2)C(=O)O.